The van der Waals surface area contributed by atoms with E-state index in [0.29, 0.717) is 43.4 Å². The van der Waals surface area contributed by atoms with E-state index in [-0.39, 0.29) is 0 Å². The summed E-state index contributed by atoms with van der Waals surface area (Å²) in [7, 11) is 0. The first kappa shape index (κ1) is 18.1. The van der Waals surface area contributed by atoms with Crippen molar-refractivity contribution in [2.45, 2.75) is 84.4 Å². The zero-order chi connectivity index (χ0) is 18.0. The predicted molar refractivity (Wildman–Crippen MR) is 85.2 cm³/mol. The Kier molecular flexibility index (Phi) is 4.05. The summed E-state index contributed by atoms with van der Waals surface area (Å²) in [6.45, 7) is 6.26. The van der Waals surface area contributed by atoms with Crippen molar-refractivity contribution in [2.24, 2.45) is 28.6 Å². The van der Waals surface area contributed by atoms with Gasteiger partial charge in [-0.3, -0.25) is 4.79 Å². The van der Waals surface area contributed by atoms with Crippen LogP contribution in [0.25, 0.3) is 0 Å². The van der Waals surface area contributed by atoms with Crippen molar-refractivity contribution >= 4 is 5.97 Å². The Morgan fingerprint density at radius 1 is 1.00 bits per heavy atom. The number of rotatable bonds is 4. The largest absolute Gasteiger partial charge is 0.449 e. The van der Waals surface area contributed by atoms with E-state index in [1.54, 1.807) is 20.8 Å². The highest BCUT2D eigenvalue weighted by atomic mass is 19.4. The predicted octanol–water partition coefficient (Wildman–Crippen LogP) is 5.50. The van der Waals surface area contributed by atoms with Gasteiger partial charge in [-0.05, 0) is 83.5 Å². The van der Waals surface area contributed by atoms with E-state index in [1.807, 2.05) is 0 Å². The molecule has 0 radical (unpaired) electrons. The summed E-state index contributed by atoms with van der Waals surface area (Å²) in [4.78, 5) is 12.5. The first-order valence-corrected chi connectivity index (χ1v) is 9.22. The van der Waals surface area contributed by atoms with Gasteiger partial charge >= 0.3 is 12.1 Å². The van der Waals surface area contributed by atoms with Crippen molar-refractivity contribution in [3.63, 3.8) is 0 Å². The lowest BCUT2D eigenvalue weighted by Crippen LogP contribution is -2.65. The number of hydrogen-bond donors (Lipinski definition) is 0. The Balaban J connectivity index is 1.96. The van der Waals surface area contributed by atoms with E-state index < -0.39 is 28.6 Å². The molecule has 0 spiro atoms. The average molecular weight is 346 g/mol. The fraction of sp³-hybridized carbons (Fsp3) is 0.947. The van der Waals surface area contributed by atoms with Gasteiger partial charge in [-0.15, -0.1) is 0 Å². The molecule has 4 saturated carbocycles. The molecule has 0 heterocycles. The first-order chi connectivity index (χ1) is 10.9. The summed E-state index contributed by atoms with van der Waals surface area (Å²) >= 11 is 0. The molecule has 1 unspecified atom stereocenters. The van der Waals surface area contributed by atoms with E-state index in [9.17, 15) is 18.0 Å². The van der Waals surface area contributed by atoms with E-state index in [1.165, 1.54) is 0 Å². The summed E-state index contributed by atoms with van der Waals surface area (Å²) in [5, 5.41) is 0. The maximum Gasteiger partial charge on any atom is 0.428 e. The molecule has 4 aliphatic rings. The van der Waals surface area contributed by atoms with Gasteiger partial charge in [-0.25, -0.2) is 0 Å². The first-order valence-electron chi connectivity index (χ1n) is 9.22. The zero-order valence-corrected chi connectivity index (χ0v) is 15.1. The van der Waals surface area contributed by atoms with Crippen molar-refractivity contribution in [2.75, 3.05) is 0 Å². The van der Waals surface area contributed by atoms with Crippen LogP contribution in [0.5, 0.6) is 0 Å². The number of halogens is 3. The third-order valence-electron chi connectivity index (χ3n) is 7.32. The van der Waals surface area contributed by atoms with Gasteiger partial charge in [0.15, 0.2) is 0 Å². The SMILES string of the molecule is CCC(C)(C)C(=O)OC(C)(C(F)(F)F)C12CC3CC(CC(C3)C1)C2. The minimum atomic E-state index is -4.54. The second kappa shape index (κ2) is 5.38. The Bertz CT molecular complexity index is 488. The van der Waals surface area contributed by atoms with Crippen LogP contribution in [0.3, 0.4) is 0 Å². The Morgan fingerprint density at radius 3 is 1.75 bits per heavy atom. The molecule has 4 fully saturated rings. The van der Waals surface area contributed by atoms with Crippen LogP contribution in [0, 0.1) is 28.6 Å². The molecule has 4 bridgehead atoms. The van der Waals surface area contributed by atoms with Crippen molar-refractivity contribution in [3.8, 4) is 0 Å². The summed E-state index contributed by atoms with van der Waals surface area (Å²) in [6, 6.07) is 0. The van der Waals surface area contributed by atoms with Gasteiger partial charge in [0.25, 0.3) is 0 Å². The van der Waals surface area contributed by atoms with Gasteiger partial charge < -0.3 is 4.74 Å². The molecule has 138 valence electrons. The molecule has 1 atom stereocenters. The number of hydrogen-bond acceptors (Lipinski definition) is 2. The van der Waals surface area contributed by atoms with E-state index in [2.05, 4.69) is 0 Å². The lowest BCUT2D eigenvalue weighted by Gasteiger charge is -2.62. The quantitative estimate of drug-likeness (QED) is 0.628. The number of alkyl halides is 3. The molecule has 4 aliphatic carbocycles. The Labute approximate surface area is 142 Å². The minimum absolute atomic E-state index is 0.371. The third kappa shape index (κ3) is 2.57. The standard InChI is InChI=1S/C19H29F3O2/c1-5-16(2,3)15(23)24-17(4,19(20,21)22)18-9-12-6-13(10-18)8-14(7-12)11-18/h12-14H,5-11H2,1-4H3. The molecule has 0 amide bonds. The smallest absolute Gasteiger partial charge is 0.428 e. The van der Waals surface area contributed by atoms with Crippen LogP contribution < -0.4 is 0 Å². The third-order valence-corrected chi connectivity index (χ3v) is 7.32. The van der Waals surface area contributed by atoms with Crippen molar-refractivity contribution in [1.82, 2.24) is 0 Å². The van der Waals surface area contributed by atoms with Crippen LogP contribution in [0.4, 0.5) is 13.2 Å². The monoisotopic (exact) mass is 346 g/mol. The van der Waals surface area contributed by atoms with Gasteiger partial charge in [0.1, 0.15) is 0 Å². The van der Waals surface area contributed by atoms with Crippen LogP contribution in [0.1, 0.15) is 72.6 Å². The number of ether oxygens (including phenoxy) is 1. The van der Waals surface area contributed by atoms with E-state index in [0.717, 1.165) is 26.2 Å². The van der Waals surface area contributed by atoms with Crippen LogP contribution in [0.2, 0.25) is 0 Å². The second-order valence-corrected chi connectivity index (χ2v) is 9.36. The fourth-order valence-electron chi connectivity index (χ4n) is 5.63. The van der Waals surface area contributed by atoms with Gasteiger partial charge in [0.05, 0.1) is 5.41 Å². The summed E-state index contributed by atoms with van der Waals surface area (Å²) < 4.78 is 47.9. The van der Waals surface area contributed by atoms with Gasteiger partial charge in [0.2, 0.25) is 5.60 Å². The van der Waals surface area contributed by atoms with Crippen LogP contribution in [0.15, 0.2) is 0 Å². The van der Waals surface area contributed by atoms with E-state index in [4.69, 9.17) is 4.74 Å². The van der Waals surface area contributed by atoms with Gasteiger partial charge in [0, 0.05) is 5.41 Å². The van der Waals surface area contributed by atoms with Crippen molar-refractivity contribution in [3.05, 3.63) is 0 Å². The molecule has 0 aromatic heterocycles. The second-order valence-electron chi connectivity index (χ2n) is 9.36. The van der Waals surface area contributed by atoms with Crippen LogP contribution >= 0.6 is 0 Å². The van der Waals surface area contributed by atoms with Gasteiger partial charge in [-0.2, -0.15) is 13.2 Å². The molecule has 24 heavy (non-hydrogen) atoms. The molecule has 0 aromatic rings. The molecule has 2 nitrogen and oxygen atoms in total. The van der Waals surface area contributed by atoms with Crippen molar-refractivity contribution in [1.29, 1.82) is 0 Å². The van der Waals surface area contributed by atoms with E-state index >= 15 is 0 Å². The average Bonchev–Trinajstić information content (AvgIpc) is 2.44. The lowest BCUT2D eigenvalue weighted by atomic mass is 9.45. The normalized spacial score (nSPS) is 38.0. The highest BCUT2D eigenvalue weighted by molar-refractivity contribution is 5.76. The van der Waals surface area contributed by atoms with Crippen LogP contribution in [-0.4, -0.2) is 17.7 Å². The summed E-state index contributed by atoms with van der Waals surface area (Å²) in [5.41, 5.74) is -4.20. The highest BCUT2D eigenvalue weighted by Crippen LogP contribution is 2.67. The fourth-order valence-corrected chi connectivity index (χ4v) is 5.63. The minimum Gasteiger partial charge on any atom is -0.449 e. The molecule has 5 heteroatoms. The highest BCUT2D eigenvalue weighted by Gasteiger charge is 2.70. The van der Waals surface area contributed by atoms with Crippen molar-refractivity contribution < 1.29 is 22.7 Å². The van der Waals surface area contributed by atoms with Crippen LogP contribution in [-0.2, 0) is 9.53 Å². The molecule has 0 aliphatic heterocycles. The molecular weight excluding hydrogens is 317 g/mol. The van der Waals surface area contributed by atoms with Gasteiger partial charge in [-0.1, -0.05) is 6.92 Å². The Morgan fingerprint density at radius 2 is 1.42 bits per heavy atom. The number of carbonyl (C=O) groups excluding carboxylic acids is 1. The zero-order valence-electron chi connectivity index (χ0n) is 15.1. The molecule has 0 N–H and O–H groups in total. The number of carbonyl (C=O) groups is 1. The topological polar surface area (TPSA) is 26.3 Å². The summed E-state index contributed by atoms with van der Waals surface area (Å²) in [5.74, 6) is 0.392. The molecular formula is C19H29F3O2. The number of esters is 1. The molecule has 4 rings (SSSR count). The molecule has 0 saturated heterocycles. The maximum atomic E-state index is 14.2. The lowest BCUT2D eigenvalue weighted by molar-refractivity contribution is -0.325. The maximum absolute atomic E-state index is 14.2. The molecule has 0 aromatic carbocycles. The summed E-state index contributed by atoms with van der Waals surface area (Å²) in [6.07, 6.45) is 0.738. The Hall–Kier alpha value is -0.740.